The molecule has 4 aliphatic rings. The number of anilines is 2. The molecule has 0 bridgehead atoms. The van der Waals surface area contributed by atoms with Crippen molar-refractivity contribution in [3.63, 3.8) is 0 Å². The van der Waals surface area contributed by atoms with Crippen molar-refractivity contribution in [1.29, 1.82) is 0 Å². The third-order valence-corrected chi connectivity index (χ3v) is 13.0. The lowest BCUT2D eigenvalue weighted by atomic mass is 9.99. The summed E-state index contributed by atoms with van der Waals surface area (Å²) in [6.07, 6.45) is 17.2. The Balaban J connectivity index is 0.000000174. The largest absolute Gasteiger partial charge is 0.375 e. The number of benzene rings is 2. The Morgan fingerprint density at radius 3 is 1.34 bits per heavy atom. The van der Waals surface area contributed by atoms with E-state index in [1.165, 1.54) is 24.5 Å². The molecular weight excluding hydrogens is 915 g/mol. The predicted octanol–water partition coefficient (Wildman–Crippen LogP) is 8.05. The van der Waals surface area contributed by atoms with Gasteiger partial charge in [0.1, 0.15) is 11.6 Å². The quantitative estimate of drug-likeness (QED) is 0.0888. The van der Waals surface area contributed by atoms with Crippen molar-refractivity contribution in [1.82, 2.24) is 50.0 Å². The molecule has 4 aromatic heterocycles. The first kappa shape index (κ1) is 48.2. The maximum absolute atomic E-state index is 14.5. The highest BCUT2D eigenvalue weighted by Gasteiger charge is 2.45. The molecule has 2 aliphatic carbocycles. The predicted molar refractivity (Wildman–Crippen MR) is 253 cm³/mol. The summed E-state index contributed by atoms with van der Waals surface area (Å²) in [7, 11) is 3.37. The van der Waals surface area contributed by atoms with Crippen molar-refractivity contribution in [3.05, 3.63) is 120 Å². The Kier molecular flexibility index (Phi) is 13.5. The lowest BCUT2D eigenvalue weighted by molar-refractivity contribution is -0.0677. The number of aryl methyl sites for hydroxylation is 2. The molecule has 4 N–H and O–H groups in total. The zero-order valence-electron chi connectivity index (χ0n) is 39.1. The Morgan fingerprint density at radius 2 is 0.971 bits per heavy atom. The number of nitrogens with zero attached hydrogens (tertiary/aromatic N) is 8. The Morgan fingerprint density at radius 1 is 0.571 bits per heavy atom. The molecule has 2 aliphatic heterocycles. The first-order chi connectivity index (χ1) is 33.4. The monoisotopic (exact) mass is 968 g/mol. The average Bonchev–Trinajstić information content (AvgIpc) is 4.20. The third-order valence-electron chi connectivity index (χ3n) is 13.0. The molecule has 20 heteroatoms. The number of carbonyl (C=O) groups is 2. The number of halogens is 6. The van der Waals surface area contributed by atoms with Gasteiger partial charge in [0.2, 0.25) is 0 Å². The second-order valence-corrected chi connectivity index (χ2v) is 19.0. The fourth-order valence-electron chi connectivity index (χ4n) is 8.74. The maximum atomic E-state index is 14.5. The van der Waals surface area contributed by atoms with Gasteiger partial charge in [-0.2, -0.15) is 10.2 Å². The van der Waals surface area contributed by atoms with E-state index in [4.69, 9.17) is 0 Å². The van der Waals surface area contributed by atoms with Crippen LogP contribution in [0.5, 0.6) is 0 Å². The smallest absolute Gasteiger partial charge is 0.280 e. The van der Waals surface area contributed by atoms with Crippen LogP contribution in [-0.4, -0.2) is 127 Å². The van der Waals surface area contributed by atoms with Crippen LogP contribution in [0.2, 0.25) is 0 Å². The highest BCUT2D eigenvalue weighted by atomic mass is 19.3. The lowest BCUT2D eigenvalue weighted by Gasteiger charge is -2.37. The molecular formula is C50H54F6N12O2. The number of aromatic nitrogens is 6. The SMILES string of the molecule is Cc1cc(F)c(C(=O)NC2CC2)cc1-c1cnn(-c2cncc(N[C@@H]3CCN(C)CC3(F)F)c2)c1.Cc1cc(F)c(C(=O)NC2CC2)cc1-c1cnn(-c2cncc(N[C@H]3CCN(C)CC3(F)F)c2)c1. The minimum absolute atomic E-state index is 0.00262. The van der Waals surface area contributed by atoms with Crippen molar-refractivity contribution < 1.29 is 35.9 Å². The summed E-state index contributed by atoms with van der Waals surface area (Å²) in [6.45, 7) is 4.12. The van der Waals surface area contributed by atoms with Gasteiger partial charge in [0, 0.05) is 48.7 Å². The molecule has 2 amide bonds. The van der Waals surface area contributed by atoms with Crippen LogP contribution in [0.25, 0.3) is 33.6 Å². The highest BCUT2D eigenvalue weighted by Crippen LogP contribution is 2.33. The van der Waals surface area contributed by atoms with Crippen LogP contribution >= 0.6 is 0 Å². The molecule has 368 valence electrons. The number of amides is 2. The van der Waals surface area contributed by atoms with E-state index >= 15 is 0 Å². The summed E-state index contributed by atoms with van der Waals surface area (Å²) in [6, 6.07) is 7.50. The first-order valence-electron chi connectivity index (χ1n) is 23.3. The minimum Gasteiger partial charge on any atom is -0.375 e. The first-order valence-corrected chi connectivity index (χ1v) is 23.3. The highest BCUT2D eigenvalue weighted by molar-refractivity contribution is 5.97. The van der Waals surface area contributed by atoms with Gasteiger partial charge in [-0.05, 0) is 125 Å². The average molecular weight is 969 g/mol. The number of pyridine rings is 2. The van der Waals surface area contributed by atoms with E-state index in [0.29, 0.717) is 82.1 Å². The summed E-state index contributed by atoms with van der Waals surface area (Å²) < 4.78 is 90.0. The van der Waals surface area contributed by atoms with Crippen LogP contribution in [0, 0.1) is 25.5 Å². The summed E-state index contributed by atoms with van der Waals surface area (Å²) in [4.78, 5) is 36.5. The fourth-order valence-corrected chi connectivity index (χ4v) is 8.74. The van der Waals surface area contributed by atoms with Crippen LogP contribution in [0.1, 0.15) is 70.4 Å². The van der Waals surface area contributed by atoms with Gasteiger partial charge in [-0.1, -0.05) is 0 Å². The Labute approximate surface area is 400 Å². The Bertz CT molecular complexity index is 2700. The third kappa shape index (κ3) is 11.1. The van der Waals surface area contributed by atoms with E-state index in [-0.39, 0.29) is 36.3 Å². The van der Waals surface area contributed by atoms with Gasteiger partial charge in [-0.15, -0.1) is 0 Å². The van der Waals surface area contributed by atoms with Crippen molar-refractivity contribution >= 4 is 23.2 Å². The second kappa shape index (κ2) is 19.5. The molecule has 0 spiro atoms. The van der Waals surface area contributed by atoms with Gasteiger partial charge in [0.25, 0.3) is 23.7 Å². The molecule has 2 saturated carbocycles. The second-order valence-electron chi connectivity index (χ2n) is 19.0. The zero-order chi connectivity index (χ0) is 49.5. The van der Waals surface area contributed by atoms with E-state index in [2.05, 4.69) is 41.4 Å². The molecule has 70 heavy (non-hydrogen) atoms. The van der Waals surface area contributed by atoms with Gasteiger partial charge in [0.15, 0.2) is 0 Å². The fraction of sp³-hybridized carbons (Fsp3) is 0.400. The Hall–Kier alpha value is -6.80. The van der Waals surface area contributed by atoms with Crippen LogP contribution in [0.4, 0.5) is 37.7 Å². The van der Waals surface area contributed by atoms with Crippen LogP contribution in [0.15, 0.2) is 86.0 Å². The topological polar surface area (TPSA) is 150 Å². The number of likely N-dealkylation sites (tertiary alicyclic amines) is 2. The number of rotatable bonds is 12. The van der Waals surface area contributed by atoms with Gasteiger partial charge >= 0.3 is 0 Å². The maximum Gasteiger partial charge on any atom is 0.280 e. The molecule has 0 unspecified atom stereocenters. The van der Waals surface area contributed by atoms with E-state index in [1.807, 2.05) is 0 Å². The van der Waals surface area contributed by atoms with Crippen molar-refractivity contribution in [2.24, 2.45) is 0 Å². The number of nitrogens with one attached hydrogen (secondary N) is 4. The molecule has 2 atom stereocenters. The van der Waals surface area contributed by atoms with E-state index < -0.39 is 47.4 Å². The molecule has 2 aromatic carbocycles. The molecule has 4 fully saturated rings. The minimum atomic E-state index is -2.86. The summed E-state index contributed by atoms with van der Waals surface area (Å²) in [5.74, 6) is -7.69. The van der Waals surface area contributed by atoms with E-state index in [1.54, 1.807) is 109 Å². The molecule has 0 radical (unpaired) electrons. The van der Waals surface area contributed by atoms with Gasteiger partial charge in [0.05, 0.1) is 96.2 Å². The van der Waals surface area contributed by atoms with E-state index in [0.717, 1.165) is 25.7 Å². The number of hydrogen-bond donors (Lipinski definition) is 4. The van der Waals surface area contributed by atoms with Gasteiger partial charge in [-0.3, -0.25) is 19.6 Å². The normalized spacial score (nSPS) is 20.0. The molecule has 6 aromatic rings. The van der Waals surface area contributed by atoms with Crippen molar-refractivity contribution in [2.45, 2.75) is 88.4 Å². The van der Waals surface area contributed by atoms with Crippen LogP contribution in [0.3, 0.4) is 0 Å². The molecule has 14 nitrogen and oxygen atoms in total. The van der Waals surface area contributed by atoms with E-state index in [9.17, 15) is 35.9 Å². The molecule has 2 saturated heterocycles. The number of carbonyl (C=O) groups excluding carboxylic acids is 2. The van der Waals surface area contributed by atoms with Crippen molar-refractivity contribution in [3.8, 4) is 33.6 Å². The van der Waals surface area contributed by atoms with Gasteiger partial charge in [-0.25, -0.2) is 35.7 Å². The van der Waals surface area contributed by atoms with Crippen LogP contribution < -0.4 is 21.3 Å². The summed E-state index contributed by atoms with van der Waals surface area (Å²) in [5, 5.41) is 20.3. The summed E-state index contributed by atoms with van der Waals surface area (Å²) >= 11 is 0. The molecule has 6 heterocycles. The standard InChI is InChI=1S/2C25H27F3N6O/c2*1-15-7-22(26)21(24(35)32-17-3-4-17)9-20(15)16-10-30-34(13-16)19-8-18(11-29-12-19)31-23-5-6-33(2)14-25(23,27)28/h2*7-13,17,23,31H,3-6,14H2,1-2H3,(H,32,35)/t2*23-/m10/s1. The summed E-state index contributed by atoms with van der Waals surface area (Å²) in [5.41, 5.74) is 6.23. The number of hydrogen-bond acceptors (Lipinski definition) is 10. The van der Waals surface area contributed by atoms with Crippen molar-refractivity contribution in [2.75, 3.05) is 50.9 Å². The lowest BCUT2D eigenvalue weighted by Crippen LogP contribution is -2.53. The van der Waals surface area contributed by atoms with Crippen LogP contribution in [-0.2, 0) is 0 Å². The zero-order valence-corrected chi connectivity index (χ0v) is 39.1. The number of piperidine rings is 2. The van der Waals surface area contributed by atoms with Gasteiger partial charge < -0.3 is 31.1 Å². The molecule has 10 rings (SSSR count). The number of alkyl halides is 4.